The zero-order valence-corrected chi connectivity index (χ0v) is 13.2. The summed E-state index contributed by atoms with van der Waals surface area (Å²) < 4.78 is 5.14. The van der Waals surface area contributed by atoms with Gasteiger partial charge < -0.3 is 14.7 Å². The number of nitrogens with zero attached hydrogens (tertiary/aromatic N) is 2. The van der Waals surface area contributed by atoms with E-state index in [0.29, 0.717) is 12.2 Å². The Morgan fingerprint density at radius 2 is 2.00 bits per heavy atom. The SMILES string of the molecule is CCCCN(C)CCCNC(=O)c1noc(CC)c1C. The van der Waals surface area contributed by atoms with Crippen LogP contribution in [0.25, 0.3) is 0 Å². The number of aromatic nitrogens is 1. The molecule has 114 valence electrons. The zero-order chi connectivity index (χ0) is 15.0. The molecule has 1 N–H and O–H groups in total. The molecule has 5 heteroatoms. The Morgan fingerprint density at radius 3 is 2.60 bits per heavy atom. The Kier molecular flexibility index (Phi) is 7.30. The van der Waals surface area contributed by atoms with Crippen LogP contribution in [0, 0.1) is 6.92 Å². The van der Waals surface area contributed by atoms with Gasteiger partial charge in [0.25, 0.3) is 5.91 Å². The number of amides is 1. The van der Waals surface area contributed by atoms with E-state index in [1.807, 2.05) is 13.8 Å². The summed E-state index contributed by atoms with van der Waals surface area (Å²) in [5, 5.41) is 6.74. The van der Waals surface area contributed by atoms with Gasteiger partial charge in [-0.25, -0.2) is 0 Å². The van der Waals surface area contributed by atoms with Crippen LogP contribution in [-0.4, -0.2) is 42.6 Å². The number of hydrogen-bond acceptors (Lipinski definition) is 4. The molecular weight excluding hydrogens is 254 g/mol. The van der Waals surface area contributed by atoms with E-state index < -0.39 is 0 Å². The fourth-order valence-electron chi connectivity index (χ4n) is 2.09. The molecule has 0 unspecified atom stereocenters. The van der Waals surface area contributed by atoms with E-state index in [9.17, 15) is 4.79 Å². The van der Waals surface area contributed by atoms with Crippen LogP contribution in [0.4, 0.5) is 0 Å². The van der Waals surface area contributed by atoms with Crippen LogP contribution in [0.2, 0.25) is 0 Å². The first kappa shape index (κ1) is 16.7. The number of aryl methyl sites for hydroxylation is 1. The van der Waals surface area contributed by atoms with Gasteiger partial charge in [0.2, 0.25) is 0 Å². The van der Waals surface area contributed by atoms with Gasteiger partial charge >= 0.3 is 0 Å². The number of unbranched alkanes of at least 4 members (excludes halogenated alkanes) is 1. The summed E-state index contributed by atoms with van der Waals surface area (Å²) in [6, 6.07) is 0. The molecule has 0 aliphatic carbocycles. The van der Waals surface area contributed by atoms with Crippen LogP contribution in [0.5, 0.6) is 0 Å². The molecule has 0 aromatic carbocycles. The average Bonchev–Trinajstić information content (AvgIpc) is 2.82. The third-order valence-electron chi connectivity index (χ3n) is 3.45. The maximum Gasteiger partial charge on any atom is 0.273 e. The standard InChI is InChI=1S/C15H27N3O2/c1-5-7-10-18(4)11-8-9-16-15(19)14-12(3)13(6-2)20-17-14/h5-11H2,1-4H3,(H,16,19). The Labute approximate surface area is 121 Å². The second-order valence-electron chi connectivity index (χ2n) is 5.20. The van der Waals surface area contributed by atoms with Gasteiger partial charge in [-0.15, -0.1) is 0 Å². The Morgan fingerprint density at radius 1 is 1.30 bits per heavy atom. The summed E-state index contributed by atoms with van der Waals surface area (Å²) in [7, 11) is 2.12. The van der Waals surface area contributed by atoms with Crippen LogP contribution in [0.3, 0.4) is 0 Å². The fraction of sp³-hybridized carbons (Fsp3) is 0.733. The monoisotopic (exact) mass is 281 g/mol. The molecule has 20 heavy (non-hydrogen) atoms. The molecule has 1 amide bonds. The van der Waals surface area contributed by atoms with Crippen LogP contribution in [0.15, 0.2) is 4.52 Å². The highest BCUT2D eigenvalue weighted by Crippen LogP contribution is 2.12. The largest absolute Gasteiger partial charge is 0.360 e. The highest BCUT2D eigenvalue weighted by Gasteiger charge is 2.16. The van der Waals surface area contributed by atoms with E-state index >= 15 is 0 Å². The maximum absolute atomic E-state index is 12.0. The van der Waals surface area contributed by atoms with E-state index in [2.05, 4.69) is 29.3 Å². The fourth-order valence-corrected chi connectivity index (χ4v) is 2.09. The van der Waals surface area contributed by atoms with Crippen molar-refractivity contribution < 1.29 is 9.32 Å². The lowest BCUT2D eigenvalue weighted by atomic mass is 10.2. The third-order valence-corrected chi connectivity index (χ3v) is 3.45. The second kappa shape index (κ2) is 8.74. The van der Waals surface area contributed by atoms with Crippen LogP contribution in [0.1, 0.15) is 54.9 Å². The van der Waals surface area contributed by atoms with Gasteiger partial charge in [-0.3, -0.25) is 4.79 Å². The molecule has 0 spiro atoms. The molecule has 0 aliphatic heterocycles. The molecule has 1 heterocycles. The predicted molar refractivity (Wildman–Crippen MR) is 80.0 cm³/mol. The van der Waals surface area contributed by atoms with E-state index in [1.54, 1.807) is 0 Å². The first-order chi connectivity index (χ1) is 9.60. The first-order valence-electron chi connectivity index (χ1n) is 7.52. The molecule has 0 saturated heterocycles. The minimum absolute atomic E-state index is 0.137. The van der Waals surface area contributed by atoms with Gasteiger partial charge in [-0.2, -0.15) is 0 Å². The first-order valence-corrected chi connectivity index (χ1v) is 7.52. The topological polar surface area (TPSA) is 58.4 Å². The van der Waals surface area contributed by atoms with E-state index in [1.165, 1.54) is 12.8 Å². The summed E-state index contributed by atoms with van der Waals surface area (Å²) in [5.74, 6) is 0.650. The van der Waals surface area contributed by atoms with Crippen molar-refractivity contribution in [3.63, 3.8) is 0 Å². The third kappa shape index (κ3) is 4.96. The lowest BCUT2D eigenvalue weighted by molar-refractivity contribution is 0.0942. The van der Waals surface area contributed by atoms with Crippen molar-refractivity contribution >= 4 is 5.91 Å². The maximum atomic E-state index is 12.0. The highest BCUT2D eigenvalue weighted by molar-refractivity contribution is 5.93. The van der Waals surface area contributed by atoms with E-state index in [4.69, 9.17) is 4.52 Å². The quantitative estimate of drug-likeness (QED) is 0.706. The molecule has 0 saturated carbocycles. The predicted octanol–water partition coefficient (Wildman–Crippen LogP) is 2.40. The van der Waals surface area contributed by atoms with Crippen molar-refractivity contribution in [1.82, 2.24) is 15.4 Å². The van der Waals surface area contributed by atoms with Gasteiger partial charge in [0.1, 0.15) is 5.76 Å². The number of carbonyl (C=O) groups is 1. The molecule has 0 radical (unpaired) electrons. The minimum Gasteiger partial charge on any atom is -0.360 e. The molecule has 1 rings (SSSR count). The van der Waals surface area contributed by atoms with Gasteiger partial charge in [0.05, 0.1) is 0 Å². The van der Waals surface area contributed by atoms with Gasteiger partial charge in [-0.05, 0) is 39.9 Å². The van der Waals surface area contributed by atoms with E-state index in [-0.39, 0.29) is 5.91 Å². The van der Waals surface area contributed by atoms with Gasteiger partial charge in [-0.1, -0.05) is 25.4 Å². The number of carbonyl (C=O) groups excluding carboxylic acids is 1. The van der Waals surface area contributed by atoms with Gasteiger partial charge in [0.15, 0.2) is 5.69 Å². The number of hydrogen-bond donors (Lipinski definition) is 1. The lowest BCUT2D eigenvalue weighted by Gasteiger charge is -2.15. The van der Waals surface area contributed by atoms with Crippen LogP contribution < -0.4 is 5.32 Å². The van der Waals surface area contributed by atoms with Crippen LogP contribution >= 0.6 is 0 Å². The lowest BCUT2D eigenvalue weighted by Crippen LogP contribution is -2.29. The molecule has 1 aromatic heterocycles. The smallest absolute Gasteiger partial charge is 0.273 e. The van der Waals surface area contributed by atoms with Crippen LogP contribution in [-0.2, 0) is 6.42 Å². The zero-order valence-electron chi connectivity index (χ0n) is 13.2. The normalized spacial score (nSPS) is 11.1. The molecular formula is C15H27N3O2. The number of rotatable bonds is 9. The summed E-state index contributed by atoms with van der Waals surface area (Å²) in [6.45, 7) is 8.84. The van der Waals surface area contributed by atoms with Crippen molar-refractivity contribution in [3.05, 3.63) is 17.0 Å². The molecule has 0 bridgehead atoms. The minimum atomic E-state index is -0.137. The molecule has 5 nitrogen and oxygen atoms in total. The molecule has 0 atom stereocenters. The van der Waals surface area contributed by atoms with Crippen molar-refractivity contribution in [2.24, 2.45) is 0 Å². The molecule has 0 aliphatic rings. The average molecular weight is 281 g/mol. The second-order valence-corrected chi connectivity index (χ2v) is 5.20. The summed E-state index contributed by atoms with van der Waals surface area (Å²) in [4.78, 5) is 14.3. The Bertz CT molecular complexity index is 415. The molecule has 0 fully saturated rings. The Hall–Kier alpha value is -1.36. The number of nitrogens with one attached hydrogen (secondary N) is 1. The Balaban J connectivity index is 2.28. The van der Waals surface area contributed by atoms with Gasteiger partial charge in [0, 0.05) is 18.5 Å². The van der Waals surface area contributed by atoms with E-state index in [0.717, 1.165) is 37.3 Å². The van der Waals surface area contributed by atoms with Crippen molar-refractivity contribution in [2.45, 2.75) is 46.5 Å². The highest BCUT2D eigenvalue weighted by atomic mass is 16.5. The molecule has 1 aromatic rings. The summed E-state index contributed by atoms with van der Waals surface area (Å²) in [5.41, 5.74) is 1.27. The van der Waals surface area contributed by atoms with Crippen molar-refractivity contribution in [1.29, 1.82) is 0 Å². The summed E-state index contributed by atoms with van der Waals surface area (Å²) >= 11 is 0. The van der Waals surface area contributed by atoms with Crippen molar-refractivity contribution in [2.75, 3.05) is 26.7 Å². The summed E-state index contributed by atoms with van der Waals surface area (Å²) in [6.07, 6.45) is 4.14. The van der Waals surface area contributed by atoms with Crippen molar-refractivity contribution in [3.8, 4) is 0 Å².